The van der Waals surface area contributed by atoms with Crippen LogP contribution in [0.3, 0.4) is 0 Å². The summed E-state index contributed by atoms with van der Waals surface area (Å²) in [5, 5.41) is 3.90. The molecule has 1 N–H and O–H groups in total. The molecule has 0 aliphatic heterocycles. The second kappa shape index (κ2) is 5.82. The number of amides is 1. The fourth-order valence-corrected chi connectivity index (χ4v) is 3.07. The molecule has 0 aliphatic rings. The molecule has 0 spiro atoms. The van der Waals surface area contributed by atoms with Crippen LogP contribution < -0.4 is 5.32 Å². The Kier molecular flexibility index (Phi) is 4.70. The molecule has 1 aromatic carbocycles. The van der Waals surface area contributed by atoms with Crippen molar-refractivity contribution in [3.05, 3.63) is 34.2 Å². The molecule has 3 heteroatoms. The Hall–Kier alpha value is -1.35. The van der Waals surface area contributed by atoms with Crippen molar-refractivity contribution in [1.29, 1.82) is 0 Å². The Balaban J connectivity index is 0.000000686. The van der Waals surface area contributed by atoms with E-state index in [-0.39, 0.29) is 5.91 Å². The predicted molar refractivity (Wildman–Crippen MR) is 76.0 cm³/mol. The predicted octanol–water partition coefficient (Wildman–Crippen LogP) is 3.90. The number of fused-ring (bicyclic) bond motifs is 1. The van der Waals surface area contributed by atoms with Gasteiger partial charge in [-0.1, -0.05) is 26.0 Å². The summed E-state index contributed by atoms with van der Waals surface area (Å²) in [6.45, 7) is 8.09. The number of carbonyl (C=O) groups excluding carboxylic acids is 1. The van der Waals surface area contributed by atoms with E-state index in [2.05, 4.69) is 24.4 Å². The Morgan fingerprint density at radius 2 is 1.88 bits per heavy atom. The maximum Gasteiger partial charge on any atom is 0.261 e. The van der Waals surface area contributed by atoms with Gasteiger partial charge >= 0.3 is 0 Å². The number of thiophene rings is 1. The van der Waals surface area contributed by atoms with Gasteiger partial charge in [-0.05, 0) is 36.4 Å². The molecular weight excluding hydrogens is 230 g/mol. The van der Waals surface area contributed by atoms with Crippen LogP contribution in [0.25, 0.3) is 10.1 Å². The molecule has 2 aromatic rings. The number of benzene rings is 1. The van der Waals surface area contributed by atoms with E-state index in [9.17, 15) is 4.79 Å². The van der Waals surface area contributed by atoms with Gasteiger partial charge in [-0.15, -0.1) is 11.3 Å². The van der Waals surface area contributed by atoms with Crippen LogP contribution in [0.15, 0.2) is 18.2 Å². The van der Waals surface area contributed by atoms with Crippen LogP contribution in [0.5, 0.6) is 0 Å². The molecule has 0 saturated heterocycles. The summed E-state index contributed by atoms with van der Waals surface area (Å²) in [7, 11) is 1.67. The highest BCUT2D eigenvalue weighted by atomic mass is 32.1. The molecular formula is C14H19NOS. The van der Waals surface area contributed by atoms with Gasteiger partial charge in [-0.2, -0.15) is 0 Å². The highest BCUT2D eigenvalue weighted by molar-refractivity contribution is 7.21. The molecule has 1 aromatic heterocycles. The first-order chi connectivity index (χ1) is 8.15. The highest BCUT2D eigenvalue weighted by Gasteiger charge is 2.14. The van der Waals surface area contributed by atoms with Crippen molar-refractivity contribution in [2.24, 2.45) is 0 Å². The molecule has 17 heavy (non-hydrogen) atoms. The van der Waals surface area contributed by atoms with Crippen LogP contribution in [-0.4, -0.2) is 13.0 Å². The lowest BCUT2D eigenvalue weighted by Crippen LogP contribution is -2.17. The minimum Gasteiger partial charge on any atom is -0.354 e. The minimum absolute atomic E-state index is 0.00750. The summed E-state index contributed by atoms with van der Waals surface area (Å²) in [5.74, 6) is 0.00750. The lowest BCUT2D eigenvalue weighted by Gasteiger charge is -1.98. The van der Waals surface area contributed by atoms with E-state index < -0.39 is 0 Å². The molecule has 0 radical (unpaired) electrons. The number of aryl methyl sites for hydroxylation is 2. The first-order valence-corrected chi connectivity index (χ1v) is 6.67. The molecule has 0 atom stereocenters. The van der Waals surface area contributed by atoms with Gasteiger partial charge in [-0.3, -0.25) is 4.79 Å². The molecule has 0 saturated carbocycles. The lowest BCUT2D eigenvalue weighted by atomic mass is 10.1. The zero-order chi connectivity index (χ0) is 13.0. The lowest BCUT2D eigenvalue weighted by molar-refractivity contribution is 0.0966. The van der Waals surface area contributed by atoms with Gasteiger partial charge < -0.3 is 5.32 Å². The standard InChI is InChI=1S/C12H13NOS.C2H6/c1-7-5-4-6-9-10(7)8(2)11(15-9)12(14)13-3;1-2/h4-6H,1-3H3,(H,13,14);1-2H3. The normalized spacial score (nSPS) is 9.71. The quantitative estimate of drug-likeness (QED) is 0.816. The molecule has 0 fully saturated rings. The summed E-state index contributed by atoms with van der Waals surface area (Å²) in [4.78, 5) is 12.4. The summed E-state index contributed by atoms with van der Waals surface area (Å²) in [5.41, 5.74) is 2.32. The fraction of sp³-hybridized carbons (Fsp3) is 0.357. The third-order valence-electron chi connectivity index (χ3n) is 2.60. The van der Waals surface area contributed by atoms with Crippen LogP contribution in [0, 0.1) is 13.8 Å². The van der Waals surface area contributed by atoms with Crippen molar-refractivity contribution >= 4 is 27.3 Å². The third kappa shape index (κ3) is 2.50. The van der Waals surface area contributed by atoms with Crippen molar-refractivity contribution in [3.63, 3.8) is 0 Å². The monoisotopic (exact) mass is 249 g/mol. The first kappa shape index (κ1) is 13.7. The smallest absolute Gasteiger partial charge is 0.261 e. The summed E-state index contributed by atoms with van der Waals surface area (Å²) in [6.07, 6.45) is 0. The van der Waals surface area contributed by atoms with E-state index in [1.165, 1.54) is 15.6 Å². The molecule has 0 bridgehead atoms. The van der Waals surface area contributed by atoms with Crippen molar-refractivity contribution < 1.29 is 4.79 Å². The van der Waals surface area contributed by atoms with Gasteiger partial charge in [0.05, 0.1) is 4.88 Å². The molecule has 1 amide bonds. The molecule has 2 nitrogen and oxygen atoms in total. The Bertz CT molecular complexity index is 528. The van der Waals surface area contributed by atoms with E-state index in [4.69, 9.17) is 0 Å². The number of carbonyl (C=O) groups is 1. The number of nitrogens with one attached hydrogen (secondary N) is 1. The Morgan fingerprint density at radius 3 is 2.41 bits per heavy atom. The van der Waals surface area contributed by atoms with Gasteiger partial charge in [0.1, 0.15) is 0 Å². The van der Waals surface area contributed by atoms with Crippen LogP contribution in [0.4, 0.5) is 0 Å². The van der Waals surface area contributed by atoms with Crippen LogP contribution in [0.2, 0.25) is 0 Å². The number of hydrogen-bond donors (Lipinski definition) is 1. The largest absolute Gasteiger partial charge is 0.354 e. The molecule has 1 heterocycles. The maximum absolute atomic E-state index is 11.6. The van der Waals surface area contributed by atoms with E-state index in [0.29, 0.717) is 0 Å². The summed E-state index contributed by atoms with van der Waals surface area (Å²) < 4.78 is 1.19. The van der Waals surface area contributed by atoms with Crippen molar-refractivity contribution in [1.82, 2.24) is 5.32 Å². The van der Waals surface area contributed by atoms with E-state index in [0.717, 1.165) is 10.4 Å². The van der Waals surface area contributed by atoms with Crippen LogP contribution >= 0.6 is 11.3 Å². The topological polar surface area (TPSA) is 29.1 Å². The SMILES string of the molecule is CC.CNC(=O)c1sc2cccc(C)c2c1C. The molecule has 0 unspecified atom stereocenters. The summed E-state index contributed by atoms with van der Waals surface area (Å²) >= 11 is 1.56. The number of hydrogen-bond acceptors (Lipinski definition) is 2. The fourth-order valence-electron chi connectivity index (χ4n) is 1.84. The van der Waals surface area contributed by atoms with E-state index in [1.807, 2.05) is 26.8 Å². The minimum atomic E-state index is 0.00750. The zero-order valence-corrected chi connectivity index (χ0v) is 11.9. The molecule has 2 rings (SSSR count). The van der Waals surface area contributed by atoms with Gasteiger partial charge in [0.15, 0.2) is 0 Å². The third-order valence-corrected chi connectivity index (χ3v) is 3.85. The van der Waals surface area contributed by atoms with Gasteiger partial charge in [0.2, 0.25) is 0 Å². The van der Waals surface area contributed by atoms with Crippen LogP contribution in [0.1, 0.15) is 34.6 Å². The Labute approximate surface area is 107 Å². The van der Waals surface area contributed by atoms with Gasteiger partial charge in [-0.25, -0.2) is 0 Å². The first-order valence-electron chi connectivity index (χ1n) is 5.86. The van der Waals surface area contributed by atoms with E-state index in [1.54, 1.807) is 18.4 Å². The van der Waals surface area contributed by atoms with Crippen molar-refractivity contribution in [2.75, 3.05) is 7.05 Å². The number of rotatable bonds is 1. The zero-order valence-electron chi connectivity index (χ0n) is 11.0. The van der Waals surface area contributed by atoms with Crippen LogP contribution in [-0.2, 0) is 0 Å². The second-order valence-corrected chi connectivity index (χ2v) is 4.64. The average molecular weight is 249 g/mol. The van der Waals surface area contributed by atoms with Gasteiger partial charge in [0, 0.05) is 11.7 Å². The van der Waals surface area contributed by atoms with Crippen molar-refractivity contribution in [2.45, 2.75) is 27.7 Å². The average Bonchev–Trinajstić information content (AvgIpc) is 2.70. The second-order valence-electron chi connectivity index (χ2n) is 3.58. The summed E-state index contributed by atoms with van der Waals surface area (Å²) in [6, 6.07) is 6.17. The molecule has 0 aliphatic carbocycles. The highest BCUT2D eigenvalue weighted by Crippen LogP contribution is 2.32. The van der Waals surface area contributed by atoms with Crippen molar-refractivity contribution in [3.8, 4) is 0 Å². The van der Waals surface area contributed by atoms with Gasteiger partial charge in [0.25, 0.3) is 5.91 Å². The maximum atomic E-state index is 11.6. The molecule has 92 valence electrons. The Morgan fingerprint density at radius 1 is 1.24 bits per heavy atom. The van der Waals surface area contributed by atoms with E-state index >= 15 is 0 Å².